The minimum atomic E-state index is -4.66. The summed E-state index contributed by atoms with van der Waals surface area (Å²) in [4.78, 5) is 70.6. The van der Waals surface area contributed by atoms with Crippen LogP contribution in [0.25, 0.3) is 0 Å². The van der Waals surface area contributed by atoms with Gasteiger partial charge in [-0.1, -0.05) is 29.5 Å². The van der Waals surface area contributed by atoms with Gasteiger partial charge >= 0.3 is 17.0 Å². The number of thioether (sulfide) groups is 1. The lowest BCUT2D eigenvalue weighted by atomic mass is 9.68. The predicted molar refractivity (Wildman–Crippen MR) is 192 cm³/mol. The number of ether oxygens (including phenoxy) is 3. The van der Waals surface area contributed by atoms with Gasteiger partial charge in [-0.3, -0.25) is 24.1 Å². The zero-order valence-electron chi connectivity index (χ0n) is 28.7. The van der Waals surface area contributed by atoms with Gasteiger partial charge in [0.2, 0.25) is 11.8 Å². The number of benzene rings is 3. The number of hydrogen-bond donors (Lipinski definition) is 2. The highest BCUT2D eigenvalue weighted by Crippen LogP contribution is 2.69. The Morgan fingerprint density at radius 3 is 2.39 bits per heavy atom. The summed E-state index contributed by atoms with van der Waals surface area (Å²) in [7, 11) is 1.42. The van der Waals surface area contributed by atoms with E-state index < -0.39 is 47.7 Å². The van der Waals surface area contributed by atoms with Gasteiger partial charge in [0, 0.05) is 16.0 Å². The molecule has 0 spiro atoms. The summed E-state index contributed by atoms with van der Waals surface area (Å²) in [6, 6.07) is 16.0. The number of alkyl halides is 3. The fraction of sp³-hybridized carbons (Fsp3) is 0.342. The van der Waals surface area contributed by atoms with Crippen LogP contribution in [-0.4, -0.2) is 54.2 Å². The van der Waals surface area contributed by atoms with Crippen molar-refractivity contribution < 1.29 is 46.6 Å². The Labute approximate surface area is 314 Å². The molecule has 16 heteroatoms. The number of aromatic nitrogens is 1. The number of thiazole rings is 1. The van der Waals surface area contributed by atoms with Crippen LogP contribution < -0.4 is 24.6 Å². The van der Waals surface area contributed by atoms with Gasteiger partial charge in [-0.05, 0) is 85.2 Å². The van der Waals surface area contributed by atoms with Gasteiger partial charge in [0.05, 0.1) is 53.1 Å². The van der Waals surface area contributed by atoms with Crippen molar-refractivity contribution in [3.05, 3.63) is 98.0 Å². The first-order valence-electron chi connectivity index (χ1n) is 17.2. The number of carbonyl (C=O) groups excluding carboxylic acids is 4. The van der Waals surface area contributed by atoms with Gasteiger partial charge in [-0.25, -0.2) is 4.79 Å². The van der Waals surface area contributed by atoms with Crippen LogP contribution in [0.15, 0.2) is 76.6 Å². The molecular formula is C38H32F3N3O8S2. The second-order valence-electron chi connectivity index (χ2n) is 13.5. The van der Waals surface area contributed by atoms with Gasteiger partial charge < -0.3 is 24.5 Å². The largest absolute Gasteiger partial charge is 0.493 e. The first-order chi connectivity index (χ1) is 25.9. The molecule has 2 aliphatic carbocycles. The van der Waals surface area contributed by atoms with Gasteiger partial charge in [0.1, 0.15) is 0 Å². The lowest BCUT2D eigenvalue weighted by Crippen LogP contribution is -2.42. The summed E-state index contributed by atoms with van der Waals surface area (Å²) in [6.07, 6.45) is -3.99. The third kappa shape index (κ3) is 5.95. The first kappa shape index (κ1) is 35.9. The van der Waals surface area contributed by atoms with Crippen LogP contribution >= 0.6 is 23.1 Å². The fourth-order valence-electron chi connectivity index (χ4n) is 8.77. The highest BCUT2D eigenvalue weighted by molar-refractivity contribution is 8.00. The minimum Gasteiger partial charge on any atom is -0.493 e. The minimum absolute atomic E-state index is 0.0768. The standard InChI is InChI=1S/C38H32F3N3O8S2/c1-3-51-36(48)17-8-11-19(12-9-17)44-34(46)29-20-15-21(30(29)35(44)47)31-28(20)27(32-33(53-31)43-37(49)54-32)18-10-13-24(25(14-18)50-2)52-16-26(45)42-23-7-5-4-6-22(23)38(39,40)41/h4-14,20-21,27-31H,3,15-16H2,1-2H3,(H,42,45)(H,43,49)/t20?,21?,27-,28?,29?,30?,31?/m1/s1. The maximum Gasteiger partial charge on any atom is 0.418 e. The summed E-state index contributed by atoms with van der Waals surface area (Å²) in [6.45, 7) is 1.33. The number of halogens is 3. The van der Waals surface area contributed by atoms with Gasteiger partial charge in [0.15, 0.2) is 18.1 Å². The second-order valence-corrected chi connectivity index (χ2v) is 15.7. The van der Waals surface area contributed by atoms with Crippen LogP contribution in [0.2, 0.25) is 0 Å². The maximum absolute atomic E-state index is 14.2. The molecule has 280 valence electrons. The zero-order chi connectivity index (χ0) is 38.1. The van der Waals surface area contributed by atoms with Crippen molar-refractivity contribution in [2.75, 3.05) is 30.5 Å². The Morgan fingerprint density at radius 1 is 0.963 bits per heavy atom. The predicted octanol–water partition coefficient (Wildman–Crippen LogP) is 6.34. The number of H-pyrrole nitrogens is 1. The molecule has 11 nitrogen and oxygen atoms in total. The molecule has 54 heavy (non-hydrogen) atoms. The van der Waals surface area contributed by atoms with E-state index in [-0.39, 0.29) is 63.7 Å². The van der Waals surface area contributed by atoms with E-state index in [9.17, 15) is 37.1 Å². The Bertz CT molecular complexity index is 2240. The number of anilines is 2. The molecule has 1 saturated heterocycles. The zero-order valence-corrected chi connectivity index (χ0v) is 30.3. The lowest BCUT2D eigenvalue weighted by Gasteiger charge is -2.43. The smallest absolute Gasteiger partial charge is 0.418 e. The number of rotatable bonds is 9. The van der Waals surface area contributed by atoms with E-state index in [1.165, 1.54) is 36.3 Å². The molecule has 4 aliphatic rings. The molecular weight excluding hydrogens is 748 g/mol. The van der Waals surface area contributed by atoms with Crippen LogP contribution in [0.5, 0.6) is 11.5 Å². The number of aromatic amines is 1. The van der Waals surface area contributed by atoms with E-state index in [4.69, 9.17) is 14.2 Å². The monoisotopic (exact) mass is 779 g/mol. The summed E-state index contributed by atoms with van der Waals surface area (Å²) in [5.41, 5.74) is 0.108. The number of nitrogens with one attached hydrogen (secondary N) is 2. The van der Waals surface area contributed by atoms with Crippen molar-refractivity contribution in [1.82, 2.24) is 4.98 Å². The highest BCUT2D eigenvalue weighted by atomic mass is 32.2. The van der Waals surface area contributed by atoms with Gasteiger partial charge in [-0.15, -0.1) is 11.8 Å². The average Bonchev–Trinajstić information content (AvgIpc) is 3.89. The molecule has 2 bridgehead atoms. The maximum atomic E-state index is 14.2. The molecule has 2 aliphatic heterocycles. The first-order valence-corrected chi connectivity index (χ1v) is 18.9. The van der Waals surface area contributed by atoms with E-state index in [1.54, 1.807) is 49.0 Å². The summed E-state index contributed by atoms with van der Waals surface area (Å²) in [5, 5.41) is 2.90. The third-order valence-electron chi connectivity index (χ3n) is 10.8. The van der Waals surface area contributed by atoms with E-state index in [0.717, 1.165) is 38.9 Å². The quantitative estimate of drug-likeness (QED) is 0.147. The number of fused-ring (bicyclic) bond motifs is 9. The Morgan fingerprint density at radius 2 is 1.69 bits per heavy atom. The van der Waals surface area contributed by atoms with Crippen LogP contribution in [0.1, 0.15) is 45.6 Å². The number of methoxy groups -OCH3 is 1. The van der Waals surface area contributed by atoms with E-state index >= 15 is 0 Å². The van der Waals surface area contributed by atoms with Crippen molar-refractivity contribution >= 4 is 58.2 Å². The highest BCUT2D eigenvalue weighted by Gasteiger charge is 2.69. The summed E-state index contributed by atoms with van der Waals surface area (Å²) in [5.74, 6) is -3.22. The van der Waals surface area contributed by atoms with Crippen LogP contribution in [-0.2, 0) is 25.3 Å². The number of esters is 1. The Kier molecular flexibility index (Phi) is 9.07. The van der Waals surface area contributed by atoms with E-state index in [2.05, 4.69) is 10.3 Å². The molecule has 4 aromatic rings. The fourth-order valence-corrected chi connectivity index (χ4v) is 11.7. The molecule has 3 aromatic carbocycles. The number of hydrogen-bond acceptors (Lipinski definition) is 10. The molecule has 6 unspecified atom stereocenters. The van der Waals surface area contributed by atoms with Crippen molar-refractivity contribution in [3.8, 4) is 11.5 Å². The van der Waals surface area contributed by atoms with Crippen LogP contribution in [0.4, 0.5) is 24.5 Å². The summed E-state index contributed by atoms with van der Waals surface area (Å²) >= 11 is 2.65. The topological polar surface area (TPSA) is 144 Å². The SMILES string of the molecule is CCOC(=O)c1ccc(N2C(=O)C3C4CC(C3C2=O)C2C4Sc3[nH]c(=O)sc3[C@@H]2c2ccc(OCC(=O)Nc3ccccc3C(F)(F)F)c(OC)c2)cc1. The molecule has 3 heterocycles. The summed E-state index contributed by atoms with van der Waals surface area (Å²) < 4.78 is 56.8. The molecule has 2 N–H and O–H groups in total. The van der Waals surface area contributed by atoms with Crippen molar-refractivity contribution in [2.45, 2.75) is 35.7 Å². The molecule has 3 fully saturated rings. The number of amides is 3. The molecule has 8 rings (SSSR count). The number of imide groups is 1. The van der Waals surface area contributed by atoms with E-state index in [0.29, 0.717) is 17.7 Å². The van der Waals surface area contributed by atoms with Crippen molar-refractivity contribution in [3.63, 3.8) is 0 Å². The van der Waals surface area contributed by atoms with Crippen molar-refractivity contribution in [1.29, 1.82) is 0 Å². The van der Waals surface area contributed by atoms with Gasteiger partial charge in [-0.2, -0.15) is 13.2 Å². The number of carbonyl (C=O) groups is 4. The van der Waals surface area contributed by atoms with Crippen molar-refractivity contribution in [2.24, 2.45) is 29.6 Å². The second kappa shape index (κ2) is 13.6. The normalized spacial score (nSPS) is 25.2. The molecule has 3 amide bonds. The molecule has 1 aromatic heterocycles. The molecule has 7 atom stereocenters. The van der Waals surface area contributed by atoms with Crippen LogP contribution in [0, 0.1) is 29.6 Å². The molecule has 0 radical (unpaired) electrons. The third-order valence-corrected chi connectivity index (χ3v) is 13.4. The Balaban J connectivity index is 1.06. The number of para-hydroxylation sites is 1. The van der Waals surface area contributed by atoms with E-state index in [1.807, 2.05) is 0 Å². The lowest BCUT2D eigenvalue weighted by molar-refractivity contribution is -0.137. The van der Waals surface area contributed by atoms with Gasteiger partial charge in [0.25, 0.3) is 5.91 Å². The molecule has 2 saturated carbocycles. The van der Waals surface area contributed by atoms with Crippen LogP contribution in [0.3, 0.4) is 0 Å². The number of nitrogens with zero attached hydrogens (tertiary/aromatic N) is 1. The Hall–Kier alpha value is -5.09. The average molecular weight is 780 g/mol.